The lowest BCUT2D eigenvalue weighted by Crippen LogP contribution is -2.33. The van der Waals surface area contributed by atoms with Gasteiger partial charge in [0.15, 0.2) is 0 Å². The number of hydrogen-bond acceptors (Lipinski definition) is 8. The minimum Gasteiger partial charge on any atom is -0.550 e. The van der Waals surface area contributed by atoms with Crippen LogP contribution < -0.4 is 10.2 Å². The van der Waals surface area contributed by atoms with Gasteiger partial charge >= 0.3 is 0 Å². The van der Waals surface area contributed by atoms with Gasteiger partial charge in [-0.3, -0.25) is 4.84 Å². The molecule has 0 saturated heterocycles. The van der Waals surface area contributed by atoms with Crippen molar-refractivity contribution in [2.75, 3.05) is 19.2 Å². The van der Waals surface area contributed by atoms with Gasteiger partial charge in [-0.25, -0.2) is 19.4 Å². The van der Waals surface area contributed by atoms with Crippen LogP contribution in [0.4, 0.5) is 10.3 Å². The Labute approximate surface area is 180 Å². The normalized spacial score (nSPS) is 17.1. The summed E-state index contributed by atoms with van der Waals surface area (Å²) in [6.45, 7) is 3.99. The quantitative estimate of drug-likeness (QED) is 0.599. The first-order chi connectivity index (χ1) is 14.6. The highest BCUT2D eigenvalue weighted by atomic mass is 19.1. The van der Waals surface area contributed by atoms with Gasteiger partial charge in [0.05, 0.1) is 30.7 Å². The van der Waals surface area contributed by atoms with Crippen molar-refractivity contribution >= 4 is 11.9 Å². The molecule has 0 amide bonds. The Morgan fingerprint density at radius 2 is 2.06 bits per heavy atom. The van der Waals surface area contributed by atoms with E-state index in [4.69, 9.17) is 4.84 Å². The van der Waals surface area contributed by atoms with Gasteiger partial charge in [-0.2, -0.15) is 0 Å². The number of carbonyl (C=O) groups is 1. The summed E-state index contributed by atoms with van der Waals surface area (Å²) in [5.41, 5.74) is 3.48. The van der Waals surface area contributed by atoms with Crippen molar-refractivity contribution in [1.29, 1.82) is 0 Å². The summed E-state index contributed by atoms with van der Waals surface area (Å²) in [6.07, 6.45) is -2.79. The molecule has 1 aromatic heterocycles. The predicted molar refractivity (Wildman–Crippen MR) is 110 cm³/mol. The Bertz CT molecular complexity index is 968. The fourth-order valence-electron chi connectivity index (χ4n) is 4.06. The lowest BCUT2D eigenvalue weighted by atomic mass is 9.75. The summed E-state index contributed by atoms with van der Waals surface area (Å²) >= 11 is 0. The summed E-state index contributed by atoms with van der Waals surface area (Å²) in [5, 5.41) is 33.1. The highest BCUT2D eigenvalue weighted by Gasteiger charge is 2.35. The zero-order valence-corrected chi connectivity index (χ0v) is 18.0. The molecule has 1 heterocycles. The molecule has 8 nitrogen and oxygen atoms in total. The molecule has 1 unspecified atom stereocenters. The second-order valence-electron chi connectivity index (χ2n) is 8.15. The standard InChI is InChI=1S/C22H28FN3O5/c1-11(2)20-17-10-16(18(28)8-13(27)9-19(29)30)15-7-12(23)5-6-14(15)21(17)25-22(24-20)26(3)31-4/h5-7,11,13,16,18,27-28H,8-10H2,1-4H3,(H,29,30)/p-1/t13-,16?,18+/m1/s1. The molecule has 0 fully saturated rings. The largest absolute Gasteiger partial charge is 0.550 e. The number of nitrogens with zero attached hydrogens (tertiary/aromatic N) is 3. The Balaban J connectivity index is 2.10. The summed E-state index contributed by atoms with van der Waals surface area (Å²) in [4.78, 5) is 25.3. The molecular weight excluding hydrogens is 405 g/mol. The van der Waals surface area contributed by atoms with Crippen molar-refractivity contribution in [3.05, 3.63) is 40.8 Å². The van der Waals surface area contributed by atoms with Gasteiger partial charge in [0, 0.05) is 42.9 Å². The van der Waals surface area contributed by atoms with Crippen LogP contribution >= 0.6 is 0 Å². The first-order valence-corrected chi connectivity index (χ1v) is 10.2. The number of carboxylic acids is 1. The molecule has 1 aromatic carbocycles. The summed E-state index contributed by atoms with van der Waals surface area (Å²) < 4.78 is 14.1. The molecule has 31 heavy (non-hydrogen) atoms. The molecule has 9 heteroatoms. The summed E-state index contributed by atoms with van der Waals surface area (Å²) in [7, 11) is 3.19. The number of benzene rings is 1. The van der Waals surface area contributed by atoms with Crippen molar-refractivity contribution in [2.45, 2.75) is 57.2 Å². The van der Waals surface area contributed by atoms with Gasteiger partial charge in [-0.1, -0.05) is 13.8 Å². The number of fused-ring (bicyclic) bond motifs is 3. The first-order valence-electron chi connectivity index (χ1n) is 10.2. The molecule has 0 radical (unpaired) electrons. The fourth-order valence-corrected chi connectivity index (χ4v) is 4.06. The van der Waals surface area contributed by atoms with Crippen LogP contribution in [0, 0.1) is 5.82 Å². The zero-order chi connectivity index (χ0) is 22.9. The van der Waals surface area contributed by atoms with Crippen LogP contribution in [0.3, 0.4) is 0 Å². The number of rotatable bonds is 8. The number of hydroxylamine groups is 1. The molecule has 0 aliphatic heterocycles. The van der Waals surface area contributed by atoms with E-state index in [2.05, 4.69) is 9.97 Å². The zero-order valence-electron chi connectivity index (χ0n) is 18.0. The topological polar surface area (TPSA) is 119 Å². The molecule has 0 bridgehead atoms. The molecule has 1 aliphatic carbocycles. The molecule has 168 valence electrons. The highest BCUT2D eigenvalue weighted by Crippen LogP contribution is 2.44. The van der Waals surface area contributed by atoms with Crippen LogP contribution in [0.5, 0.6) is 0 Å². The number of aliphatic carboxylic acids is 1. The minimum atomic E-state index is -1.40. The van der Waals surface area contributed by atoms with E-state index in [9.17, 15) is 24.5 Å². The lowest BCUT2D eigenvalue weighted by molar-refractivity contribution is -0.307. The van der Waals surface area contributed by atoms with Gasteiger partial charge in [0.1, 0.15) is 5.82 Å². The SMILES string of the molecule is CON(C)c1nc2c(c(C(C)C)n1)CC([C@@H](O)C[C@@H](O)CC(=O)[O-])c1cc(F)ccc1-2. The number of aromatic nitrogens is 2. The third-order valence-electron chi connectivity index (χ3n) is 5.60. The van der Waals surface area contributed by atoms with Crippen molar-refractivity contribution in [3.63, 3.8) is 0 Å². The van der Waals surface area contributed by atoms with Crippen LogP contribution in [0.25, 0.3) is 11.3 Å². The summed E-state index contributed by atoms with van der Waals surface area (Å²) in [5.74, 6) is -2.00. The van der Waals surface area contributed by atoms with E-state index in [1.54, 1.807) is 13.1 Å². The van der Waals surface area contributed by atoms with Gasteiger partial charge in [-0.05, 0) is 36.1 Å². The van der Waals surface area contributed by atoms with Crippen molar-refractivity contribution in [2.24, 2.45) is 0 Å². The van der Waals surface area contributed by atoms with E-state index in [1.807, 2.05) is 13.8 Å². The predicted octanol–water partition coefficient (Wildman–Crippen LogP) is 1.30. The number of carboxylic acid groups (broad SMARTS) is 1. The van der Waals surface area contributed by atoms with Crippen LogP contribution in [0.15, 0.2) is 18.2 Å². The van der Waals surface area contributed by atoms with E-state index >= 15 is 0 Å². The number of aliphatic hydroxyl groups excluding tert-OH is 2. The first kappa shape index (κ1) is 23.1. The maximum absolute atomic E-state index is 14.1. The third-order valence-corrected chi connectivity index (χ3v) is 5.60. The molecule has 0 spiro atoms. The second-order valence-corrected chi connectivity index (χ2v) is 8.15. The van der Waals surface area contributed by atoms with E-state index in [0.29, 0.717) is 29.2 Å². The minimum absolute atomic E-state index is 0.0456. The third kappa shape index (κ3) is 4.84. The fraction of sp³-hybridized carbons (Fsp3) is 0.500. The Morgan fingerprint density at radius 3 is 2.68 bits per heavy atom. The summed E-state index contributed by atoms with van der Waals surface area (Å²) in [6, 6.07) is 4.31. The molecule has 2 N–H and O–H groups in total. The molecule has 2 aromatic rings. The lowest BCUT2D eigenvalue weighted by Gasteiger charge is -2.33. The number of hydrogen-bond donors (Lipinski definition) is 2. The van der Waals surface area contributed by atoms with E-state index in [1.165, 1.54) is 24.3 Å². The molecule has 3 rings (SSSR count). The molecule has 3 atom stereocenters. The average molecular weight is 432 g/mol. The number of anilines is 1. The number of halogens is 1. The van der Waals surface area contributed by atoms with Gasteiger partial charge in [0.2, 0.25) is 5.95 Å². The molecule has 1 aliphatic rings. The van der Waals surface area contributed by atoms with Crippen molar-refractivity contribution in [1.82, 2.24) is 9.97 Å². The van der Waals surface area contributed by atoms with E-state index in [-0.39, 0.29) is 12.3 Å². The maximum Gasteiger partial charge on any atom is 0.250 e. The smallest absolute Gasteiger partial charge is 0.250 e. The number of aliphatic hydroxyl groups is 2. The van der Waals surface area contributed by atoms with Gasteiger partial charge in [0.25, 0.3) is 0 Å². The molecule has 0 saturated carbocycles. The van der Waals surface area contributed by atoms with Crippen LogP contribution in [0.2, 0.25) is 0 Å². The Morgan fingerprint density at radius 1 is 1.35 bits per heavy atom. The maximum atomic E-state index is 14.1. The van der Waals surface area contributed by atoms with E-state index < -0.39 is 36.3 Å². The van der Waals surface area contributed by atoms with Crippen molar-refractivity contribution < 1.29 is 29.3 Å². The monoisotopic (exact) mass is 432 g/mol. The molecular formula is C22H27FN3O5-. The average Bonchev–Trinajstić information content (AvgIpc) is 2.70. The van der Waals surface area contributed by atoms with E-state index in [0.717, 1.165) is 11.3 Å². The second kappa shape index (κ2) is 9.25. The van der Waals surface area contributed by atoms with Crippen LogP contribution in [0.1, 0.15) is 55.3 Å². The van der Waals surface area contributed by atoms with Gasteiger partial charge in [-0.15, -0.1) is 0 Å². The van der Waals surface area contributed by atoms with Gasteiger partial charge < -0.3 is 20.1 Å². The van der Waals surface area contributed by atoms with Crippen molar-refractivity contribution in [3.8, 4) is 11.3 Å². The van der Waals surface area contributed by atoms with Crippen LogP contribution in [-0.4, -0.2) is 52.5 Å². The highest BCUT2D eigenvalue weighted by molar-refractivity contribution is 5.73. The Kier molecular flexibility index (Phi) is 6.88. The number of carbonyl (C=O) groups excluding carboxylic acids is 1. The van der Waals surface area contributed by atoms with Crippen LogP contribution in [-0.2, 0) is 16.1 Å². The Hall–Kier alpha value is -2.62.